The molecule has 0 unspecified atom stereocenters. The Bertz CT molecular complexity index is 412. The number of anilines is 1. The topological polar surface area (TPSA) is 60.1 Å². The Morgan fingerprint density at radius 2 is 2.33 bits per heavy atom. The highest BCUT2D eigenvalue weighted by molar-refractivity contribution is 7.98. The molecule has 1 heterocycles. The Morgan fingerprint density at radius 1 is 1.56 bits per heavy atom. The van der Waals surface area contributed by atoms with Crippen LogP contribution in [0.1, 0.15) is 42.2 Å². The molecule has 1 saturated carbocycles. The number of unbranched alkanes of at least 4 members (excludes halogenated alkanes) is 1. The van der Waals surface area contributed by atoms with Crippen molar-refractivity contribution in [2.75, 3.05) is 24.3 Å². The minimum atomic E-state index is 0.00255. The van der Waals surface area contributed by atoms with Gasteiger partial charge in [-0.3, -0.25) is 4.79 Å². The summed E-state index contributed by atoms with van der Waals surface area (Å²) in [7, 11) is 0. The summed E-state index contributed by atoms with van der Waals surface area (Å²) in [4.78, 5) is 12.1. The van der Waals surface area contributed by atoms with Crippen molar-refractivity contribution in [1.29, 1.82) is 0 Å². The van der Waals surface area contributed by atoms with E-state index in [0.717, 1.165) is 38.0 Å². The number of nitrogens with zero attached hydrogens (tertiary/aromatic N) is 1. The van der Waals surface area contributed by atoms with Crippen LogP contribution in [0.5, 0.6) is 0 Å². The number of carbonyl (C=O) groups excluding carboxylic acids is 1. The number of nitrogens with one attached hydrogen (secondary N) is 1. The fourth-order valence-electron chi connectivity index (χ4n) is 2.00. The molecule has 0 aromatic carbocycles. The van der Waals surface area contributed by atoms with Crippen LogP contribution in [0.4, 0.5) is 5.69 Å². The molecule has 0 saturated heterocycles. The van der Waals surface area contributed by atoms with Gasteiger partial charge in [0.2, 0.25) is 0 Å². The van der Waals surface area contributed by atoms with Crippen molar-refractivity contribution in [2.24, 2.45) is 0 Å². The third-order valence-electron chi connectivity index (χ3n) is 3.10. The van der Waals surface area contributed by atoms with Gasteiger partial charge < -0.3 is 15.6 Å². The lowest BCUT2D eigenvalue weighted by Gasteiger charge is -2.08. The highest BCUT2D eigenvalue weighted by Crippen LogP contribution is 2.37. The predicted octanol–water partition coefficient (Wildman–Crippen LogP) is 2.28. The van der Waals surface area contributed by atoms with Crippen LogP contribution in [0.15, 0.2) is 12.3 Å². The molecule has 0 spiro atoms. The second-order valence-corrected chi connectivity index (χ2v) is 5.74. The Hall–Kier alpha value is -1.10. The number of nitrogens with two attached hydrogens (primary N) is 1. The van der Waals surface area contributed by atoms with E-state index in [2.05, 4.69) is 11.6 Å². The van der Waals surface area contributed by atoms with E-state index in [4.69, 9.17) is 5.73 Å². The third-order valence-corrected chi connectivity index (χ3v) is 3.80. The normalized spacial score (nSPS) is 14.7. The Kier molecular flexibility index (Phi) is 4.58. The molecule has 2 rings (SSSR count). The molecule has 1 aromatic heterocycles. The number of rotatable bonds is 7. The zero-order valence-electron chi connectivity index (χ0n) is 10.8. The van der Waals surface area contributed by atoms with E-state index < -0.39 is 0 Å². The molecule has 1 amide bonds. The van der Waals surface area contributed by atoms with Gasteiger partial charge in [-0.1, -0.05) is 0 Å². The Morgan fingerprint density at radius 3 is 3.00 bits per heavy atom. The van der Waals surface area contributed by atoms with Crippen LogP contribution in [0.2, 0.25) is 0 Å². The van der Waals surface area contributed by atoms with Gasteiger partial charge in [-0.25, -0.2) is 0 Å². The van der Waals surface area contributed by atoms with Gasteiger partial charge in [0.25, 0.3) is 5.91 Å². The summed E-state index contributed by atoms with van der Waals surface area (Å²) < 4.78 is 2.02. The van der Waals surface area contributed by atoms with Crippen molar-refractivity contribution in [3.05, 3.63) is 18.0 Å². The zero-order valence-corrected chi connectivity index (χ0v) is 11.6. The quantitative estimate of drug-likeness (QED) is 0.745. The molecule has 0 aliphatic heterocycles. The van der Waals surface area contributed by atoms with Crippen LogP contribution in [-0.4, -0.2) is 29.0 Å². The average Bonchev–Trinajstić information content (AvgIpc) is 3.12. The van der Waals surface area contributed by atoms with E-state index in [1.54, 1.807) is 6.07 Å². The third kappa shape index (κ3) is 3.45. The van der Waals surface area contributed by atoms with Gasteiger partial charge >= 0.3 is 0 Å². The molecule has 1 aliphatic carbocycles. The fraction of sp³-hybridized carbons (Fsp3) is 0.615. The van der Waals surface area contributed by atoms with E-state index in [0.29, 0.717) is 17.4 Å². The highest BCUT2D eigenvalue weighted by Gasteiger charge is 2.27. The number of hydrogen-bond donors (Lipinski definition) is 2. The number of carbonyl (C=O) groups is 1. The number of hydrogen-bond acceptors (Lipinski definition) is 3. The van der Waals surface area contributed by atoms with E-state index in [-0.39, 0.29) is 5.91 Å². The number of thioether (sulfide) groups is 1. The molecule has 0 radical (unpaired) electrons. The first-order valence-corrected chi connectivity index (χ1v) is 7.86. The van der Waals surface area contributed by atoms with Crippen molar-refractivity contribution >= 4 is 23.4 Å². The minimum absolute atomic E-state index is 0.00255. The van der Waals surface area contributed by atoms with Gasteiger partial charge in [-0.05, 0) is 43.8 Å². The van der Waals surface area contributed by atoms with Crippen LogP contribution in [-0.2, 0) is 0 Å². The van der Waals surface area contributed by atoms with Gasteiger partial charge in [-0.2, -0.15) is 11.8 Å². The molecule has 3 N–H and O–H groups in total. The summed E-state index contributed by atoms with van der Waals surface area (Å²) in [5, 5.41) is 2.97. The number of amides is 1. The maximum atomic E-state index is 12.1. The molecule has 5 heteroatoms. The summed E-state index contributed by atoms with van der Waals surface area (Å²) in [6.45, 7) is 0.745. The largest absolute Gasteiger partial charge is 0.397 e. The second kappa shape index (κ2) is 6.18. The first-order chi connectivity index (χ1) is 8.72. The SMILES string of the molecule is CSCCCCNC(=O)c1cc(N)cn1C1CC1. The first-order valence-electron chi connectivity index (χ1n) is 6.47. The smallest absolute Gasteiger partial charge is 0.267 e. The maximum absolute atomic E-state index is 12.1. The minimum Gasteiger partial charge on any atom is -0.397 e. The summed E-state index contributed by atoms with van der Waals surface area (Å²) in [6.07, 6.45) is 8.47. The molecule has 0 bridgehead atoms. The Labute approximate surface area is 112 Å². The van der Waals surface area contributed by atoms with Gasteiger partial charge in [0, 0.05) is 18.8 Å². The number of aromatic nitrogens is 1. The molecule has 1 aliphatic rings. The number of nitrogen functional groups attached to an aromatic ring is 1. The average molecular weight is 267 g/mol. The van der Waals surface area contributed by atoms with Crippen molar-refractivity contribution in [2.45, 2.75) is 31.7 Å². The van der Waals surface area contributed by atoms with E-state index in [1.165, 1.54) is 0 Å². The molecule has 18 heavy (non-hydrogen) atoms. The van der Waals surface area contributed by atoms with Gasteiger partial charge in [0.05, 0.1) is 5.69 Å². The summed E-state index contributed by atoms with van der Waals surface area (Å²) in [6, 6.07) is 2.26. The molecular weight excluding hydrogens is 246 g/mol. The monoisotopic (exact) mass is 267 g/mol. The summed E-state index contributed by atoms with van der Waals surface area (Å²) in [5.41, 5.74) is 7.16. The lowest BCUT2D eigenvalue weighted by atomic mass is 10.3. The van der Waals surface area contributed by atoms with Crippen LogP contribution < -0.4 is 11.1 Å². The molecule has 1 fully saturated rings. The van der Waals surface area contributed by atoms with Crippen molar-refractivity contribution in [3.63, 3.8) is 0 Å². The van der Waals surface area contributed by atoms with Gasteiger partial charge in [-0.15, -0.1) is 0 Å². The van der Waals surface area contributed by atoms with E-state index in [9.17, 15) is 4.79 Å². The molecule has 0 atom stereocenters. The van der Waals surface area contributed by atoms with Crippen molar-refractivity contribution in [3.8, 4) is 0 Å². The predicted molar refractivity (Wildman–Crippen MR) is 77.1 cm³/mol. The van der Waals surface area contributed by atoms with E-state index in [1.807, 2.05) is 22.5 Å². The van der Waals surface area contributed by atoms with Crippen LogP contribution in [0.3, 0.4) is 0 Å². The summed E-state index contributed by atoms with van der Waals surface area (Å²) in [5.74, 6) is 1.16. The highest BCUT2D eigenvalue weighted by atomic mass is 32.2. The molecule has 1 aromatic rings. The van der Waals surface area contributed by atoms with Gasteiger partial charge in [0.15, 0.2) is 0 Å². The van der Waals surface area contributed by atoms with Gasteiger partial charge in [0.1, 0.15) is 5.69 Å². The maximum Gasteiger partial charge on any atom is 0.267 e. The molecule has 100 valence electrons. The Balaban J connectivity index is 1.84. The van der Waals surface area contributed by atoms with Crippen LogP contribution >= 0.6 is 11.8 Å². The van der Waals surface area contributed by atoms with Crippen LogP contribution in [0, 0.1) is 0 Å². The second-order valence-electron chi connectivity index (χ2n) is 4.75. The lowest BCUT2D eigenvalue weighted by molar-refractivity contribution is 0.0943. The zero-order chi connectivity index (χ0) is 13.0. The first kappa shape index (κ1) is 13.3. The van der Waals surface area contributed by atoms with Crippen LogP contribution in [0.25, 0.3) is 0 Å². The summed E-state index contributed by atoms with van der Waals surface area (Å²) >= 11 is 1.84. The molecule has 4 nitrogen and oxygen atoms in total. The molecular formula is C13H21N3OS. The fourth-order valence-corrected chi connectivity index (χ4v) is 2.49. The van der Waals surface area contributed by atoms with Crippen molar-refractivity contribution < 1.29 is 4.79 Å². The standard InChI is InChI=1S/C13H21N3OS/c1-18-7-3-2-6-15-13(17)12-8-10(14)9-16(12)11-4-5-11/h8-9,11H,2-7,14H2,1H3,(H,15,17). The van der Waals surface area contributed by atoms with E-state index >= 15 is 0 Å². The van der Waals surface area contributed by atoms with Crippen molar-refractivity contribution in [1.82, 2.24) is 9.88 Å². The lowest BCUT2D eigenvalue weighted by Crippen LogP contribution is -2.26.